The van der Waals surface area contributed by atoms with E-state index in [9.17, 15) is 0 Å². The van der Waals surface area contributed by atoms with Crippen LogP contribution < -0.4 is 10.5 Å². The maximum atomic E-state index is 5.59. The molecule has 1 aromatic heterocycles. The first kappa shape index (κ1) is 7.08. The van der Waals surface area contributed by atoms with Gasteiger partial charge in [-0.15, -0.1) is 5.10 Å². The fourth-order valence-electron chi connectivity index (χ4n) is 0.508. The number of hydrogen-bond donors (Lipinski definition) is 1. The van der Waals surface area contributed by atoms with Gasteiger partial charge in [-0.2, -0.15) is 5.10 Å². The molecule has 0 fully saturated rings. The quantitative estimate of drug-likeness (QED) is 0.656. The summed E-state index contributed by atoms with van der Waals surface area (Å²) in [5, 5.41) is 7.46. The Kier molecular flexibility index (Phi) is 1.91. The summed E-state index contributed by atoms with van der Waals surface area (Å²) in [6.07, 6.45) is 1.36. The van der Waals surface area contributed by atoms with Crippen molar-refractivity contribution in [3.8, 4) is 5.88 Å². The highest BCUT2D eigenvalue weighted by Crippen LogP contribution is 2.24. The number of nitrogen functional groups attached to an aromatic ring is 1. The van der Waals surface area contributed by atoms with Crippen molar-refractivity contribution < 1.29 is 4.74 Å². The molecular formula is C5H6ClN3O. The molecule has 0 aliphatic rings. The highest BCUT2D eigenvalue weighted by molar-refractivity contribution is 6.33. The molecule has 0 saturated carbocycles. The van der Waals surface area contributed by atoms with Crippen LogP contribution in [0.4, 0.5) is 5.69 Å². The molecule has 54 valence electrons. The van der Waals surface area contributed by atoms with Gasteiger partial charge in [0.1, 0.15) is 5.69 Å². The van der Waals surface area contributed by atoms with Gasteiger partial charge in [-0.25, -0.2) is 0 Å². The van der Waals surface area contributed by atoms with Crippen LogP contribution in [0.15, 0.2) is 6.20 Å². The minimum atomic E-state index is 0.257. The predicted octanol–water partition coefficient (Wildman–Crippen LogP) is 0.721. The van der Waals surface area contributed by atoms with Crippen molar-refractivity contribution >= 4 is 17.3 Å². The van der Waals surface area contributed by atoms with Crippen LogP contribution in [0.2, 0.25) is 5.02 Å². The van der Waals surface area contributed by atoms with Gasteiger partial charge in [-0.05, 0) is 0 Å². The predicted molar refractivity (Wildman–Crippen MR) is 38.0 cm³/mol. The van der Waals surface area contributed by atoms with Gasteiger partial charge in [0, 0.05) is 0 Å². The van der Waals surface area contributed by atoms with Crippen molar-refractivity contribution in [1.82, 2.24) is 10.2 Å². The van der Waals surface area contributed by atoms with Crippen LogP contribution in [0.5, 0.6) is 5.88 Å². The van der Waals surface area contributed by atoms with Gasteiger partial charge in [0.2, 0.25) is 0 Å². The topological polar surface area (TPSA) is 61.0 Å². The molecule has 1 aromatic rings. The average Bonchev–Trinajstić information content (AvgIpc) is 1.95. The molecule has 1 heterocycles. The molecular weight excluding hydrogens is 154 g/mol. The first-order chi connectivity index (χ1) is 4.75. The molecule has 0 saturated heterocycles. The van der Waals surface area contributed by atoms with Crippen molar-refractivity contribution in [2.75, 3.05) is 12.8 Å². The minimum absolute atomic E-state index is 0.257. The second-order valence-electron chi connectivity index (χ2n) is 1.62. The molecule has 0 unspecified atom stereocenters. The molecule has 4 nitrogen and oxygen atoms in total. The number of halogens is 1. The Bertz CT molecular complexity index is 240. The fourth-order valence-corrected chi connectivity index (χ4v) is 0.633. The smallest absolute Gasteiger partial charge is 0.258 e. The molecule has 2 N–H and O–H groups in total. The molecule has 0 radical (unpaired) electrons. The number of hydrogen-bond acceptors (Lipinski definition) is 4. The van der Waals surface area contributed by atoms with Crippen LogP contribution in [0.3, 0.4) is 0 Å². The molecule has 0 spiro atoms. The zero-order valence-electron chi connectivity index (χ0n) is 5.34. The summed E-state index contributed by atoms with van der Waals surface area (Å²) in [4.78, 5) is 0. The van der Waals surface area contributed by atoms with E-state index < -0.39 is 0 Å². The van der Waals surface area contributed by atoms with Gasteiger partial charge in [0.25, 0.3) is 5.88 Å². The van der Waals surface area contributed by atoms with E-state index in [1.807, 2.05) is 0 Å². The zero-order chi connectivity index (χ0) is 7.56. The van der Waals surface area contributed by atoms with Gasteiger partial charge >= 0.3 is 0 Å². The Morgan fingerprint density at radius 2 is 2.40 bits per heavy atom. The van der Waals surface area contributed by atoms with E-state index in [1.165, 1.54) is 13.3 Å². The van der Waals surface area contributed by atoms with Crippen LogP contribution in [0.25, 0.3) is 0 Å². The molecule has 0 aliphatic carbocycles. The summed E-state index contributed by atoms with van der Waals surface area (Å²) in [5.41, 5.74) is 5.75. The highest BCUT2D eigenvalue weighted by atomic mass is 35.5. The monoisotopic (exact) mass is 159 g/mol. The molecule has 0 atom stereocenters. The third-order valence-electron chi connectivity index (χ3n) is 1.00. The van der Waals surface area contributed by atoms with E-state index in [1.54, 1.807) is 0 Å². The van der Waals surface area contributed by atoms with Crippen LogP contribution in [-0.2, 0) is 0 Å². The number of methoxy groups -OCH3 is 1. The van der Waals surface area contributed by atoms with Gasteiger partial charge in [0.15, 0.2) is 0 Å². The fraction of sp³-hybridized carbons (Fsp3) is 0.200. The van der Waals surface area contributed by atoms with Gasteiger partial charge in [-0.1, -0.05) is 11.6 Å². The molecule has 5 heteroatoms. The van der Waals surface area contributed by atoms with Gasteiger partial charge in [0.05, 0.1) is 18.3 Å². The summed E-state index contributed by atoms with van der Waals surface area (Å²) in [7, 11) is 1.46. The number of nitrogens with two attached hydrogens (primary N) is 1. The number of anilines is 1. The maximum Gasteiger partial charge on any atom is 0.258 e. The van der Waals surface area contributed by atoms with Gasteiger partial charge in [-0.3, -0.25) is 0 Å². The van der Waals surface area contributed by atoms with Crippen molar-refractivity contribution in [2.45, 2.75) is 0 Å². The minimum Gasteiger partial charge on any atom is -0.478 e. The van der Waals surface area contributed by atoms with E-state index in [4.69, 9.17) is 22.1 Å². The van der Waals surface area contributed by atoms with Crippen molar-refractivity contribution in [2.24, 2.45) is 0 Å². The van der Waals surface area contributed by atoms with Crippen LogP contribution in [-0.4, -0.2) is 17.3 Å². The standard InChI is InChI=1S/C5H6ClN3O/c1-10-5-4(7)3(6)2-8-9-5/h2H,1H3,(H2,7,8). The second-order valence-corrected chi connectivity index (χ2v) is 2.02. The molecule has 0 aliphatic heterocycles. The highest BCUT2D eigenvalue weighted by Gasteiger charge is 2.03. The molecule has 0 bridgehead atoms. The van der Waals surface area contributed by atoms with Crippen LogP contribution in [0, 0.1) is 0 Å². The van der Waals surface area contributed by atoms with Crippen LogP contribution >= 0.6 is 11.6 Å². The first-order valence-corrected chi connectivity index (χ1v) is 2.94. The summed E-state index contributed by atoms with van der Waals surface area (Å²) < 4.78 is 4.74. The zero-order valence-corrected chi connectivity index (χ0v) is 6.09. The number of ether oxygens (including phenoxy) is 1. The maximum absolute atomic E-state index is 5.59. The third kappa shape index (κ3) is 1.11. The van der Waals surface area contributed by atoms with Gasteiger partial charge < -0.3 is 10.5 Å². The lowest BCUT2D eigenvalue weighted by Gasteiger charge is -2.00. The number of nitrogens with zero attached hydrogens (tertiary/aromatic N) is 2. The molecule has 1 rings (SSSR count). The summed E-state index contributed by atoms with van der Waals surface area (Å²) in [5.74, 6) is 0.257. The van der Waals surface area contributed by atoms with E-state index in [-0.39, 0.29) is 5.88 Å². The van der Waals surface area contributed by atoms with E-state index in [2.05, 4.69) is 10.2 Å². The van der Waals surface area contributed by atoms with Crippen molar-refractivity contribution in [1.29, 1.82) is 0 Å². The summed E-state index contributed by atoms with van der Waals surface area (Å²) in [6.45, 7) is 0. The average molecular weight is 160 g/mol. The first-order valence-electron chi connectivity index (χ1n) is 2.56. The molecule has 0 amide bonds. The Morgan fingerprint density at radius 3 is 2.90 bits per heavy atom. The lowest BCUT2D eigenvalue weighted by atomic mass is 10.5. The SMILES string of the molecule is COc1nncc(Cl)c1N. The Labute approximate surface area is 63.0 Å². The largest absolute Gasteiger partial charge is 0.478 e. The lowest BCUT2D eigenvalue weighted by molar-refractivity contribution is 0.394. The van der Waals surface area contributed by atoms with E-state index >= 15 is 0 Å². The van der Waals surface area contributed by atoms with E-state index in [0.29, 0.717) is 10.7 Å². The van der Waals surface area contributed by atoms with E-state index in [0.717, 1.165) is 0 Å². The van der Waals surface area contributed by atoms with Crippen LogP contribution in [0.1, 0.15) is 0 Å². The number of rotatable bonds is 1. The Balaban J connectivity index is 3.14. The number of aromatic nitrogens is 2. The second kappa shape index (κ2) is 2.70. The normalized spacial score (nSPS) is 9.40. The Morgan fingerprint density at radius 1 is 1.70 bits per heavy atom. The summed E-state index contributed by atoms with van der Waals surface area (Å²) in [6, 6.07) is 0. The molecule has 10 heavy (non-hydrogen) atoms. The third-order valence-corrected chi connectivity index (χ3v) is 1.30. The molecule has 0 aromatic carbocycles. The Hall–Kier alpha value is -1.03. The summed E-state index contributed by atoms with van der Waals surface area (Å²) >= 11 is 5.59. The van der Waals surface area contributed by atoms with Crippen molar-refractivity contribution in [3.63, 3.8) is 0 Å². The van der Waals surface area contributed by atoms with Crippen molar-refractivity contribution in [3.05, 3.63) is 11.2 Å². The lowest BCUT2D eigenvalue weighted by Crippen LogP contribution is -1.97.